The topological polar surface area (TPSA) is 96.9 Å². The second-order valence-electron chi connectivity index (χ2n) is 6.91. The minimum absolute atomic E-state index is 0.259. The number of benzene rings is 2. The van der Waals surface area contributed by atoms with Crippen molar-refractivity contribution in [1.82, 2.24) is 19.7 Å². The van der Waals surface area contributed by atoms with E-state index in [0.717, 1.165) is 11.4 Å². The number of nitrogens with one attached hydrogen (secondary N) is 3. The van der Waals surface area contributed by atoms with Crippen LogP contribution in [-0.2, 0) is 7.05 Å². The SMILES string of the molecule is CCOc1ccc(NC(=S)Nc2ccccc2)cc1-c1nc2c(C)nn(C)c2c(=O)[nH]1. The Labute approximate surface area is 184 Å². The second kappa shape index (κ2) is 8.57. The van der Waals surface area contributed by atoms with Crippen LogP contribution in [0.5, 0.6) is 5.75 Å². The molecule has 0 fully saturated rings. The first-order chi connectivity index (χ1) is 15.0. The molecule has 2 heterocycles. The molecule has 0 aliphatic heterocycles. The highest BCUT2D eigenvalue weighted by Crippen LogP contribution is 2.31. The van der Waals surface area contributed by atoms with E-state index < -0.39 is 0 Å². The number of nitrogens with zero attached hydrogens (tertiary/aromatic N) is 3. The summed E-state index contributed by atoms with van der Waals surface area (Å²) in [5.41, 5.74) is 3.68. The number of aromatic nitrogens is 4. The zero-order chi connectivity index (χ0) is 22.0. The zero-order valence-corrected chi connectivity index (χ0v) is 18.2. The molecule has 4 rings (SSSR count). The number of para-hydroxylation sites is 1. The van der Waals surface area contributed by atoms with E-state index in [1.165, 1.54) is 4.68 Å². The number of aromatic amines is 1. The molecule has 0 saturated heterocycles. The molecule has 0 aliphatic carbocycles. The molecule has 0 spiro atoms. The van der Waals surface area contributed by atoms with Crippen LogP contribution in [0.3, 0.4) is 0 Å². The summed E-state index contributed by atoms with van der Waals surface area (Å²) in [5, 5.41) is 11.1. The van der Waals surface area contributed by atoms with E-state index in [-0.39, 0.29) is 5.56 Å². The highest BCUT2D eigenvalue weighted by Gasteiger charge is 2.16. The van der Waals surface area contributed by atoms with Crippen LogP contribution in [0.25, 0.3) is 22.4 Å². The quantitative estimate of drug-likeness (QED) is 0.411. The van der Waals surface area contributed by atoms with Crippen LogP contribution in [0.15, 0.2) is 53.3 Å². The average molecular weight is 435 g/mol. The Balaban J connectivity index is 1.71. The summed E-state index contributed by atoms with van der Waals surface area (Å²) in [4.78, 5) is 20.2. The normalized spacial score (nSPS) is 10.8. The van der Waals surface area contributed by atoms with Gasteiger partial charge >= 0.3 is 0 Å². The number of thiocarbonyl (C=S) groups is 1. The van der Waals surface area contributed by atoms with Gasteiger partial charge in [-0.1, -0.05) is 18.2 Å². The number of ether oxygens (including phenoxy) is 1. The first-order valence-electron chi connectivity index (χ1n) is 9.80. The van der Waals surface area contributed by atoms with E-state index in [1.807, 2.05) is 62.4 Å². The maximum atomic E-state index is 12.7. The van der Waals surface area contributed by atoms with Crippen molar-refractivity contribution < 1.29 is 4.74 Å². The fourth-order valence-electron chi connectivity index (χ4n) is 3.36. The monoisotopic (exact) mass is 434 g/mol. The van der Waals surface area contributed by atoms with Crippen molar-refractivity contribution in [2.75, 3.05) is 17.2 Å². The van der Waals surface area contributed by atoms with Crippen LogP contribution in [-0.4, -0.2) is 31.5 Å². The van der Waals surface area contributed by atoms with Crippen molar-refractivity contribution in [3.8, 4) is 17.1 Å². The van der Waals surface area contributed by atoms with E-state index in [4.69, 9.17) is 17.0 Å². The van der Waals surface area contributed by atoms with E-state index in [2.05, 4.69) is 25.7 Å². The first-order valence-corrected chi connectivity index (χ1v) is 10.2. The Morgan fingerprint density at radius 3 is 2.65 bits per heavy atom. The molecule has 0 bridgehead atoms. The van der Waals surface area contributed by atoms with Gasteiger partial charge < -0.3 is 20.4 Å². The molecular weight excluding hydrogens is 412 g/mol. The summed E-state index contributed by atoms with van der Waals surface area (Å²) in [6.07, 6.45) is 0. The first kappa shape index (κ1) is 20.5. The van der Waals surface area contributed by atoms with Crippen molar-refractivity contribution in [3.63, 3.8) is 0 Å². The van der Waals surface area contributed by atoms with E-state index in [0.29, 0.717) is 45.6 Å². The van der Waals surface area contributed by atoms with Gasteiger partial charge in [-0.15, -0.1) is 0 Å². The highest BCUT2D eigenvalue weighted by molar-refractivity contribution is 7.80. The molecule has 9 heteroatoms. The summed E-state index contributed by atoms with van der Waals surface area (Å²) >= 11 is 5.43. The highest BCUT2D eigenvalue weighted by atomic mass is 32.1. The Hall–Kier alpha value is -3.72. The predicted molar refractivity (Wildman–Crippen MR) is 127 cm³/mol. The van der Waals surface area contributed by atoms with Gasteiger partial charge in [-0.2, -0.15) is 5.10 Å². The summed E-state index contributed by atoms with van der Waals surface area (Å²) in [7, 11) is 1.72. The van der Waals surface area contributed by atoms with Crippen LogP contribution in [0, 0.1) is 6.92 Å². The average Bonchev–Trinajstić information content (AvgIpc) is 3.04. The molecule has 0 aliphatic rings. The largest absolute Gasteiger partial charge is 0.493 e. The smallest absolute Gasteiger partial charge is 0.277 e. The van der Waals surface area contributed by atoms with Crippen molar-refractivity contribution >= 4 is 39.7 Å². The minimum Gasteiger partial charge on any atom is -0.493 e. The van der Waals surface area contributed by atoms with Crippen molar-refractivity contribution in [2.45, 2.75) is 13.8 Å². The lowest BCUT2D eigenvalue weighted by molar-refractivity contribution is 0.341. The van der Waals surface area contributed by atoms with Gasteiger partial charge in [-0.25, -0.2) is 4.98 Å². The maximum Gasteiger partial charge on any atom is 0.277 e. The standard InChI is InChI=1S/C22H22N6O2S/c1-4-30-17-11-10-15(24-22(31)23-14-8-6-5-7-9-14)12-16(17)20-25-18-13(2)27-28(3)19(18)21(29)26-20/h5-12H,4H2,1-3H3,(H2,23,24,31)(H,25,26,29). The number of rotatable bonds is 5. The Morgan fingerprint density at radius 2 is 1.90 bits per heavy atom. The summed E-state index contributed by atoms with van der Waals surface area (Å²) in [6, 6.07) is 15.2. The van der Waals surface area contributed by atoms with Crippen LogP contribution >= 0.6 is 12.2 Å². The third-order valence-corrected chi connectivity index (χ3v) is 4.89. The maximum absolute atomic E-state index is 12.7. The third-order valence-electron chi connectivity index (χ3n) is 4.69. The van der Waals surface area contributed by atoms with Gasteiger partial charge in [0.1, 0.15) is 17.1 Å². The molecule has 2 aromatic carbocycles. The lowest BCUT2D eigenvalue weighted by atomic mass is 10.1. The zero-order valence-electron chi connectivity index (χ0n) is 17.4. The van der Waals surface area contributed by atoms with Gasteiger partial charge in [0.2, 0.25) is 0 Å². The predicted octanol–water partition coefficient (Wildman–Crippen LogP) is 3.84. The summed E-state index contributed by atoms with van der Waals surface area (Å²) in [5.74, 6) is 1.02. The summed E-state index contributed by atoms with van der Waals surface area (Å²) < 4.78 is 7.31. The Morgan fingerprint density at radius 1 is 1.16 bits per heavy atom. The Bertz CT molecular complexity index is 1310. The van der Waals surface area contributed by atoms with Gasteiger partial charge in [0.25, 0.3) is 5.56 Å². The molecule has 0 saturated carbocycles. The third kappa shape index (κ3) is 4.26. The number of aryl methyl sites for hydroxylation is 2. The van der Waals surface area contributed by atoms with E-state index in [1.54, 1.807) is 7.05 Å². The van der Waals surface area contributed by atoms with Gasteiger partial charge in [-0.3, -0.25) is 9.48 Å². The number of H-pyrrole nitrogens is 1. The van der Waals surface area contributed by atoms with Crippen LogP contribution in [0.4, 0.5) is 11.4 Å². The van der Waals surface area contributed by atoms with Gasteiger partial charge in [0, 0.05) is 18.4 Å². The van der Waals surface area contributed by atoms with Gasteiger partial charge in [0.05, 0.1) is 17.9 Å². The molecule has 0 radical (unpaired) electrons. The molecule has 31 heavy (non-hydrogen) atoms. The number of anilines is 2. The summed E-state index contributed by atoms with van der Waals surface area (Å²) in [6.45, 7) is 4.21. The number of fused-ring (bicyclic) bond motifs is 1. The molecule has 8 nitrogen and oxygen atoms in total. The fraction of sp³-hybridized carbons (Fsp3) is 0.182. The second-order valence-corrected chi connectivity index (χ2v) is 7.32. The van der Waals surface area contributed by atoms with Crippen molar-refractivity contribution in [3.05, 3.63) is 64.6 Å². The minimum atomic E-state index is -0.259. The number of hydrogen-bond donors (Lipinski definition) is 3. The molecule has 0 amide bonds. The molecule has 3 N–H and O–H groups in total. The van der Waals surface area contributed by atoms with Crippen LogP contribution < -0.4 is 20.9 Å². The van der Waals surface area contributed by atoms with Crippen molar-refractivity contribution in [2.24, 2.45) is 7.05 Å². The van der Waals surface area contributed by atoms with Crippen LogP contribution in [0.2, 0.25) is 0 Å². The molecule has 0 unspecified atom stereocenters. The molecule has 158 valence electrons. The van der Waals surface area contributed by atoms with Gasteiger partial charge in [-0.05, 0) is 56.4 Å². The van der Waals surface area contributed by atoms with Crippen LogP contribution in [0.1, 0.15) is 12.6 Å². The lowest BCUT2D eigenvalue weighted by Gasteiger charge is -2.14. The van der Waals surface area contributed by atoms with E-state index >= 15 is 0 Å². The fourth-order valence-corrected chi connectivity index (χ4v) is 3.59. The molecule has 2 aromatic heterocycles. The molecular formula is C22H22N6O2S. The van der Waals surface area contributed by atoms with Crippen molar-refractivity contribution in [1.29, 1.82) is 0 Å². The molecule has 4 aromatic rings. The van der Waals surface area contributed by atoms with Gasteiger partial charge in [0.15, 0.2) is 10.6 Å². The number of hydrogen-bond acceptors (Lipinski definition) is 5. The lowest BCUT2D eigenvalue weighted by Crippen LogP contribution is -2.19. The van der Waals surface area contributed by atoms with E-state index in [9.17, 15) is 4.79 Å². The Kier molecular flexibility index (Phi) is 5.68. The molecule has 0 atom stereocenters.